The summed E-state index contributed by atoms with van der Waals surface area (Å²) in [5, 5.41) is 2.99. The van der Waals surface area contributed by atoms with Crippen LogP contribution < -0.4 is 5.32 Å². The highest BCUT2D eigenvalue weighted by molar-refractivity contribution is 9.10. The molecule has 0 amide bonds. The van der Waals surface area contributed by atoms with Gasteiger partial charge in [0.05, 0.1) is 0 Å². The van der Waals surface area contributed by atoms with Crippen LogP contribution in [0.3, 0.4) is 0 Å². The van der Waals surface area contributed by atoms with Crippen LogP contribution in [0.5, 0.6) is 0 Å². The molecule has 0 aliphatic carbocycles. The smallest absolute Gasteiger partial charge is 0.129 e. The molecule has 2 aromatic carbocycles. The van der Waals surface area contributed by atoms with Crippen molar-refractivity contribution >= 4 is 21.6 Å². The van der Waals surface area contributed by atoms with E-state index in [1.54, 1.807) is 31.2 Å². The molecule has 0 fully saturated rings. The molecule has 18 heavy (non-hydrogen) atoms. The summed E-state index contributed by atoms with van der Waals surface area (Å²) < 4.78 is 27.6. The van der Waals surface area contributed by atoms with Gasteiger partial charge in [0.1, 0.15) is 11.6 Å². The van der Waals surface area contributed by atoms with E-state index in [0.717, 1.165) is 0 Å². The molecule has 0 spiro atoms. The average molecular weight is 312 g/mol. The van der Waals surface area contributed by atoms with Gasteiger partial charge in [-0.15, -0.1) is 0 Å². The van der Waals surface area contributed by atoms with E-state index in [1.165, 1.54) is 12.1 Å². The highest BCUT2D eigenvalue weighted by Gasteiger charge is 2.03. The van der Waals surface area contributed by atoms with Gasteiger partial charge in [-0.25, -0.2) is 8.78 Å². The summed E-state index contributed by atoms with van der Waals surface area (Å²) in [6.07, 6.45) is 0. The second-order valence-corrected chi connectivity index (χ2v) is 4.97. The van der Waals surface area contributed by atoms with Crippen molar-refractivity contribution in [2.75, 3.05) is 5.32 Å². The molecule has 0 saturated carbocycles. The molecule has 0 aliphatic heterocycles. The van der Waals surface area contributed by atoms with Crippen LogP contribution in [0.1, 0.15) is 11.1 Å². The molecular weight excluding hydrogens is 300 g/mol. The van der Waals surface area contributed by atoms with Crippen molar-refractivity contribution < 1.29 is 8.78 Å². The number of hydrogen-bond donors (Lipinski definition) is 1. The molecule has 0 heterocycles. The Hall–Kier alpha value is -1.42. The molecule has 2 rings (SSSR count). The summed E-state index contributed by atoms with van der Waals surface area (Å²) in [6.45, 7) is 2.02. The van der Waals surface area contributed by atoms with Crippen molar-refractivity contribution in [2.24, 2.45) is 0 Å². The SMILES string of the molecule is Cc1ccc(NCc2ccc(Br)cc2F)cc1F. The zero-order valence-corrected chi connectivity index (χ0v) is 11.4. The molecule has 0 radical (unpaired) electrons. The lowest BCUT2D eigenvalue weighted by Crippen LogP contribution is -2.02. The lowest BCUT2D eigenvalue weighted by atomic mass is 10.2. The van der Waals surface area contributed by atoms with Gasteiger partial charge in [-0.3, -0.25) is 0 Å². The minimum atomic E-state index is -0.288. The van der Waals surface area contributed by atoms with Gasteiger partial charge in [-0.1, -0.05) is 28.1 Å². The maximum Gasteiger partial charge on any atom is 0.129 e. The summed E-state index contributed by atoms with van der Waals surface area (Å²) in [6, 6.07) is 9.75. The Balaban J connectivity index is 2.09. The number of anilines is 1. The van der Waals surface area contributed by atoms with E-state index in [0.29, 0.717) is 27.8 Å². The van der Waals surface area contributed by atoms with Gasteiger partial charge >= 0.3 is 0 Å². The Kier molecular flexibility index (Phi) is 3.97. The number of nitrogens with one attached hydrogen (secondary N) is 1. The second kappa shape index (κ2) is 5.48. The largest absolute Gasteiger partial charge is 0.381 e. The zero-order chi connectivity index (χ0) is 13.1. The highest BCUT2D eigenvalue weighted by atomic mass is 79.9. The van der Waals surface area contributed by atoms with Crippen LogP contribution in [0, 0.1) is 18.6 Å². The predicted octanol–water partition coefficient (Wildman–Crippen LogP) is 4.65. The van der Waals surface area contributed by atoms with Gasteiger partial charge in [0.15, 0.2) is 0 Å². The maximum atomic E-state index is 13.6. The number of aryl methyl sites for hydroxylation is 1. The van der Waals surface area contributed by atoms with Gasteiger partial charge in [-0.05, 0) is 36.8 Å². The Morgan fingerprint density at radius 1 is 1.06 bits per heavy atom. The first kappa shape index (κ1) is 13.0. The third-order valence-corrected chi connectivity index (χ3v) is 3.16. The molecule has 94 valence electrons. The number of hydrogen-bond acceptors (Lipinski definition) is 1. The summed E-state index contributed by atoms with van der Waals surface area (Å²) in [5.41, 5.74) is 1.77. The van der Waals surface area contributed by atoms with Gasteiger partial charge in [0.25, 0.3) is 0 Å². The average Bonchev–Trinajstić information content (AvgIpc) is 2.32. The molecule has 0 bridgehead atoms. The van der Waals surface area contributed by atoms with Gasteiger partial charge in [0.2, 0.25) is 0 Å². The Morgan fingerprint density at radius 3 is 2.50 bits per heavy atom. The van der Waals surface area contributed by atoms with Crippen molar-refractivity contribution in [3.05, 3.63) is 63.6 Å². The van der Waals surface area contributed by atoms with Crippen molar-refractivity contribution in [1.82, 2.24) is 0 Å². The van der Waals surface area contributed by atoms with Crippen LogP contribution in [-0.4, -0.2) is 0 Å². The van der Waals surface area contributed by atoms with Crippen molar-refractivity contribution in [3.8, 4) is 0 Å². The van der Waals surface area contributed by atoms with E-state index in [4.69, 9.17) is 0 Å². The zero-order valence-electron chi connectivity index (χ0n) is 9.81. The molecule has 0 aliphatic rings. The quantitative estimate of drug-likeness (QED) is 0.870. The summed E-state index contributed by atoms with van der Waals surface area (Å²) in [5.74, 6) is -0.555. The number of rotatable bonds is 3. The van der Waals surface area contributed by atoms with Crippen LogP contribution in [0.4, 0.5) is 14.5 Å². The molecule has 0 saturated heterocycles. The summed E-state index contributed by atoms with van der Waals surface area (Å²) >= 11 is 3.20. The molecule has 4 heteroatoms. The lowest BCUT2D eigenvalue weighted by molar-refractivity contribution is 0.611. The van der Waals surface area contributed by atoms with Crippen LogP contribution >= 0.6 is 15.9 Å². The van der Waals surface area contributed by atoms with Gasteiger partial charge in [-0.2, -0.15) is 0 Å². The highest BCUT2D eigenvalue weighted by Crippen LogP contribution is 2.18. The van der Waals surface area contributed by atoms with Crippen LogP contribution in [-0.2, 0) is 6.54 Å². The standard InChI is InChI=1S/C14H12BrF2N/c1-9-2-5-12(7-13(9)16)18-8-10-3-4-11(15)6-14(10)17/h2-7,18H,8H2,1H3. The molecule has 0 aromatic heterocycles. The molecule has 1 nitrogen and oxygen atoms in total. The van der Waals surface area contributed by atoms with E-state index in [9.17, 15) is 8.78 Å². The molecule has 1 N–H and O–H groups in total. The Labute approximate surface area is 113 Å². The van der Waals surface area contributed by atoms with Crippen LogP contribution in [0.15, 0.2) is 40.9 Å². The topological polar surface area (TPSA) is 12.0 Å². The summed E-state index contributed by atoms with van der Waals surface area (Å²) in [7, 11) is 0. The van der Waals surface area contributed by atoms with E-state index >= 15 is 0 Å². The first-order chi connectivity index (χ1) is 8.56. The Bertz CT molecular complexity index is 570. The number of benzene rings is 2. The van der Waals surface area contributed by atoms with E-state index < -0.39 is 0 Å². The fourth-order valence-electron chi connectivity index (χ4n) is 1.57. The van der Waals surface area contributed by atoms with Crippen molar-refractivity contribution in [3.63, 3.8) is 0 Å². The summed E-state index contributed by atoms with van der Waals surface area (Å²) in [4.78, 5) is 0. The van der Waals surface area contributed by atoms with Crippen LogP contribution in [0.25, 0.3) is 0 Å². The van der Waals surface area contributed by atoms with E-state index in [1.807, 2.05) is 0 Å². The van der Waals surface area contributed by atoms with E-state index in [2.05, 4.69) is 21.2 Å². The predicted molar refractivity (Wildman–Crippen MR) is 72.6 cm³/mol. The normalized spacial score (nSPS) is 10.4. The second-order valence-electron chi connectivity index (χ2n) is 4.05. The molecule has 0 atom stereocenters. The maximum absolute atomic E-state index is 13.6. The first-order valence-electron chi connectivity index (χ1n) is 5.50. The molecule has 0 unspecified atom stereocenters. The van der Waals surface area contributed by atoms with E-state index in [-0.39, 0.29) is 11.6 Å². The lowest BCUT2D eigenvalue weighted by Gasteiger charge is -2.08. The van der Waals surface area contributed by atoms with Crippen LogP contribution in [0.2, 0.25) is 0 Å². The fraction of sp³-hybridized carbons (Fsp3) is 0.143. The third kappa shape index (κ3) is 3.07. The van der Waals surface area contributed by atoms with Gasteiger partial charge in [0, 0.05) is 22.3 Å². The minimum Gasteiger partial charge on any atom is -0.381 e. The molecule has 2 aromatic rings. The first-order valence-corrected chi connectivity index (χ1v) is 6.29. The van der Waals surface area contributed by atoms with Gasteiger partial charge < -0.3 is 5.32 Å². The van der Waals surface area contributed by atoms with Crippen molar-refractivity contribution in [1.29, 1.82) is 0 Å². The minimum absolute atomic E-state index is 0.267. The molecular formula is C14H12BrF2N. The number of halogens is 3. The third-order valence-electron chi connectivity index (χ3n) is 2.67. The fourth-order valence-corrected chi connectivity index (χ4v) is 1.90. The van der Waals surface area contributed by atoms with Crippen molar-refractivity contribution in [2.45, 2.75) is 13.5 Å². The monoisotopic (exact) mass is 311 g/mol. The Morgan fingerprint density at radius 2 is 1.83 bits per heavy atom.